The maximum absolute atomic E-state index is 12.2. The highest BCUT2D eigenvalue weighted by Crippen LogP contribution is 2.28. The predicted octanol–water partition coefficient (Wildman–Crippen LogP) is 2.97. The molecule has 0 fully saturated rings. The number of Topliss-reactive ketones (excluding diaryl/α,β-unsaturated/α-hetero) is 1. The smallest absolute Gasteiger partial charge is 0.339 e. The van der Waals surface area contributed by atoms with Gasteiger partial charge in [0.05, 0.1) is 28.9 Å². The third-order valence-electron chi connectivity index (χ3n) is 5.47. The van der Waals surface area contributed by atoms with Crippen LogP contribution in [0.15, 0.2) is 70.0 Å². The highest BCUT2D eigenvalue weighted by molar-refractivity contribution is 6.52. The fourth-order valence-corrected chi connectivity index (χ4v) is 3.88. The van der Waals surface area contributed by atoms with Crippen molar-refractivity contribution in [1.82, 2.24) is 15.0 Å². The first kappa shape index (κ1) is 20.6. The second-order valence-corrected chi connectivity index (χ2v) is 7.70. The van der Waals surface area contributed by atoms with Crippen molar-refractivity contribution in [3.05, 3.63) is 82.5 Å². The number of amides is 1. The van der Waals surface area contributed by atoms with Gasteiger partial charge >= 0.3 is 5.63 Å². The molecule has 166 valence electrons. The van der Waals surface area contributed by atoms with Gasteiger partial charge < -0.3 is 14.1 Å². The lowest BCUT2D eigenvalue weighted by Gasteiger charge is -2.16. The van der Waals surface area contributed by atoms with Crippen molar-refractivity contribution < 1.29 is 18.7 Å². The number of anilines is 1. The van der Waals surface area contributed by atoms with Crippen LogP contribution in [-0.2, 0) is 17.9 Å². The number of para-hydroxylation sites is 2. The molecule has 0 aliphatic carbocycles. The van der Waals surface area contributed by atoms with Gasteiger partial charge in [0.1, 0.15) is 23.6 Å². The minimum Gasteiger partial charge on any atom is -0.486 e. The van der Waals surface area contributed by atoms with Crippen LogP contribution in [0, 0.1) is 0 Å². The van der Waals surface area contributed by atoms with Crippen LogP contribution in [0.2, 0.25) is 0 Å². The molecule has 2 aromatic heterocycles. The molecule has 0 N–H and O–H groups in total. The number of carbonyl (C=O) groups excluding carboxylic acids is 2. The third-order valence-corrected chi connectivity index (χ3v) is 5.47. The van der Waals surface area contributed by atoms with E-state index in [1.54, 1.807) is 46.1 Å². The molecule has 0 saturated carbocycles. The average molecular weight is 444 g/mol. The Morgan fingerprint density at radius 2 is 1.73 bits per heavy atom. The summed E-state index contributed by atoms with van der Waals surface area (Å²) < 4.78 is 12.7. The van der Waals surface area contributed by atoms with Gasteiger partial charge in [-0.3, -0.25) is 14.3 Å². The van der Waals surface area contributed by atoms with E-state index in [0.29, 0.717) is 53.2 Å². The second kappa shape index (κ2) is 8.70. The lowest BCUT2D eigenvalue weighted by molar-refractivity contribution is -0.114. The lowest BCUT2D eigenvalue weighted by Crippen LogP contribution is -2.30. The SMILES string of the molecule is O=C1C(=O)N(CCCCn2cc(COc3cc(=O)oc4ccccc34)nn2)c2ccccc21. The molecule has 9 nitrogen and oxygen atoms in total. The first-order chi connectivity index (χ1) is 16.1. The van der Waals surface area contributed by atoms with E-state index < -0.39 is 17.3 Å². The van der Waals surface area contributed by atoms with Crippen LogP contribution in [0.5, 0.6) is 5.75 Å². The summed E-state index contributed by atoms with van der Waals surface area (Å²) in [5.74, 6) is -0.490. The van der Waals surface area contributed by atoms with Crippen molar-refractivity contribution in [3.8, 4) is 5.75 Å². The summed E-state index contributed by atoms with van der Waals surface area (Å²) in [6, 6.07) is 15.5. The van der Waals surface area contributed by atoms with Gasteiger partial charge in [0.2, 0.25) is 0 Å². The normalized spacial score (nSPS) is 13.0. The molecule has 0 radical (unpaired) electrons. The molecular formula is C24H20N4O5. The van der Waals surface area contributed by atoms with Crippen LogP contribution >= 0.6 is 0 Å². The minimum absolute atomic E-state index is 0.161. The second-order valence-electron chi connectivity index (χ2n) is 7.70. The van der Waals surface area contributed by atoms with Crippen LogP contribution < -0.4 is 15.3 Å². The highest BCUT2D eigenvalue weighted by atomic mass is 16.5. The number of ketones is 1. The Kier molecular flexibility index (Phi) is 5.43. The molecular weight excluding hydrogens is 424 g/mol. The van der Waals surface area contributed by atoms with Gasteiger partial charge in [0.15, 0.2) is 0 Å². The molecule has 3 heterocycles. The predicted molar refractivity (Wildman–Crippen MR) is 119 cm³/mol. The van der Waals surface area contributed by atoms with Crippen molar-refractivity contribution in [1.29, 1.82) is 0 Å². The van der Waals surface area contributed by atoms with Crippen molar-refractivity contribution in [2.24, 2.45) is 0 Å². The van der Waals surface area contributed by atoms with Gasteiger partial charge in [0.25, 0.3) is 11.7 Å². The molecule has 0 atom stereocenters. The van der Waals surface area contributed by atoms with Gasteiger partial charge in [0, 0.05) is 13.1 Å². The molecule has 33 heavy (non-hydrogen) atoms. The van der Waals surface area contributed by atoms with Gasteiger partial charge in [-0.1, -0.05) is 29.5 Å². The summed E-state index contributed by atoms with van der Waals surface area (Å²) in [6.45, 7) is 1.24. The first-order valence-corrected chi connectivity index (χ1v) is 10.6. The molecule has 0 saturated heterocycles. The van der Waals surface area contributed by atoms with Crippen LogP contribution in [0.3, 0.4) is 0 Å². The number of benzene rings is 2. The van der Waals surface area contributed by atoms with E-state index in [4.69, 9.17) is 9.15 Å². The van der Waals surface area contributed by atoms with E-state index >= 15 is 0 Å². The summed E-state index contributed by atoms with van der Waals surface area (Å²) in [7, 11) is 0. The fraction of sp³-hybridized carbons (Fsp3) is 0.208. The lowest BCUT2D eigenvalue weighted by atomic mass is 10.1. The van der Waals surface area contributed by atoms with Gasteiger partial charge in [-0.2, -0.15) is 0 Å². The number of rotatable bonds is 8. The number of nitrogens with zero attached hydrogens (tertiary/aromatic N) is 4. The van der Waals surface area contributed by atoms with E-state index in [1.165, 1.54) is 6.07 Å². The number of hydrogen-bond acceptors (Lipinski definition) is 7. The molecule has 1 aliphatic heterocycles. The number of ether oxygens (including phenoxy) is 1. The molecule has 2 aromatic carbocycles. The zero-order valence-corrected chi connectivity index (χ0v) is 17.6. The Hall–Kier alpha value is -4.27. The summed E-state index contributed by atoms with van der Waals surface area (Å²) in [5.41, 5.74) is 1.75. The topological polar surface area (TPSA) is 108 Å². The van der Waals surface area contributed by atoms with Crippen molar-refractivity contribution >= 4 is 28.3 Å². The average Bonchev–Trinajstić information content (AvgIpc) is 3.38. The van der Waals surface area contributed by atoms with Crippen molar-refractivity contribution in [2.45, 2.75) is 26.0 Å². The Labute approximate surface area is 188 Å². The molecule has 0 spiro atoms. The summed E-state index contributed by atoms with van der Waals surface area (Å²) in [6.07, 6.45) is 3.26. The molecule has 5 rings (SSSR count). The molecule has 0 unspecified atom stereocenters. The molecule has 9 heteroatoms. The highest BCUT2D eigenvalue weighted by Gasteiger charge is 2.34. The molecule has 1 aliphatic rings. The maximum Gasteiger partial charge on any atom is 0.339 e. The minimum atomic E-state index is -0.479. The van der Waals surface area contributed by atoms with Crippen LogP contribution in [0.1, 0.15) is 28.9 Å². The van der Waals surface area contributed by atoms with Crippen LogP contribution in [0.25, 0.3) is 11.0 Å². The number of fused-ring (bicyclic) bond motifs is 2. The molecule has 1 amide bonds. The summed E-state index contributed by atoms with van der Waals surface area (Å²) in [5, 5.41) is 8.94. The van der Waals surface area contributed by atoms with E-state index in [1.807, 2.05) is 18.2 Å². The molecule has 4 aromatic rings. The van der Waals surface area contributed by atoms with Crippen LogP contribution in [0.4, 0.5) is 5.69 Å². The number of unbranched alkanes of at least 4 members (excludes halogenated alkanes) is 1. The summed E-state index contributed by atoms with van der Waals surface area (Å²) in [4.78, 5) is 37.6. The largest absolute Gasteiger partial charge is 0.486 e. The number of aryl methyl sites for hydroxylation is 1. The third kappa shape index (κ3) is 4.12. The monoisotopic (exact) mass is 444 g/mol. The van der Waals surface area contributed by atoms with Crippen molar-refractivity contribution in [3.63, 3.8) is 0 Å². The van der Waals surface area contributed by atoms with E-state index in [-0.39, 0.29) is 6.61 Å². The fourth-order valence-electron chi connectivity index (χ4n) is 3.88. The Bertz CT molecular complexity index is 1410. The zero-order chi connectivity index (χ0) is 22.8. The van der Waals surface area contributed by atoms with Gasteiger partial charge in [-0.05, 0) is 37.1 Å². The maximum atomic E-state index is 12.2. The number of hydrogen-bond donors (Lipinski definition) is 0. The Morgan fingerprint density at radius 1 is 0.939 bits per heavy atom. The molecule has 0 bridgehead atoms. The van der Waals surface area contributed by atoms with Gasteiger partial charge in [-0.25, -0.2) is 4.79 Å². The standard InChI is InChI=1S/C24H20N4O5/c29-22-13-21(18-8-2-4-10-20(18)33-22)32-15-16-14-27(26-25-16)11-5-6-12-28-19-9-3-1-7-17(19)23(30)24(28)31/h1-4,7-10,13-14H,5-6,11-12,15H2. The quantitative estimate of drug-likeness (QED) is 0.234. The summed E-state index contributed by atoms with van der Waals surface area (Å²) >= 11 is 0. The Balaban J connectivity index is 1.15. The van der Waals surface area contributed by atoms with Crippen LogP contribution in [-0.4, -0.2) is 33.2 Å². The van der Waals surface area contributed by atoms with E-state index in [9.17, 15) is 14.4 Å². The Morgan fingerprint density at radius 3 is 2.64 bits per heavy atom. The first-order valence-electron chi connectivity index (χ1n) is 10.6. The van der Waals surface area contributed by atoms with E-state index in [0.717, 1.165) is 6.42 Å². The zero-order valence-electron chi connectivity index (χ0n) is 17.6. The number of aromatic nitrogens is 3. The van der Waals surface area contributed by atoms with Gasteiger partial charge in [-0.15, -0.1) is 5.10 Å². The number of carbonyl (C=O) groups is 2. The van der Waals surface area contributed by atoms with Crippen molar-refractivity contribution in [2.75, 3.05) is 11.4 Å². The van der Waals surface area contributed by atoms with E-state index in [2.05, 4.69) is 10.3 Å².